The van der Waals surface area contributed by atoms with E-state index in [2.05, 4.69) is 44.0 Å². The number of aromatic nitrogens is 1. The number of halogens is 3. The fourth-order valence-electron chi connectivity index (χ4n) is 4.18. The minimum Gasteiger partial charge on any atom is -0.358 e. The SMILES string of the molecule is CC(=NCCC(C)C)C(C/C=C/C=C/C=C/c1c(C)[nH]c2ccccc12)c1cccc(C(F)(F)F)c1. The van der Waals surface area contributed by atoms with Crippen molar-refractivity contribution in [2.45, 2.75) is 52.6 Å². The van der Waals surface area contributed by atoms with Crippen molar-refractivity contribution in [1.29, 1.82) is 0 Å². The van der Waals surface area contributed by atoms with Crippen LogP contribution in [0.15, 0.2) is 83.9 Å². The number of alkyl halides is 3. The molecule has 0 aliphatic carbocycles. The van der Waals surface area contributed by atoms with Gasteiger partial charge in [-0.2, -0.15) is 13.2 Å². The summed E-state index contributed by atoms with van der Waals surface area (Å²) in [5.74, 6) is 0.327. The number of aryl methyl sites for hydroxylation is 1. The van der Waals surface area contributed by atoms with Crippen molar-refractivity contribution in [3.63, 3.8) is 0 Å². The van der Waals surface area contributed by atoms with Gasteiger partial charge in [-0.05, 0) is 50.3 Å². The number of rotatable bonds is 10. The average molecular weight is 493 g/mol. The van der Waals surface area contributed by atoms with Gasteiger partial charge in [0.25, 0.3) is 0 Å². The summed E-state index contributed by atoms with van der Waals surface area (Å²) in [6, 6.07) is 13.8. The lowest BCUT2D eigenvalue weighted by Gasteiger charge is -2.18. The molecular weight excluding hydrogens is 457 g/mol. The van der Waals surface area contributed by atoms with Crippen LogP contribution in [0.3, 0.4) is 0 Å². The second-order valence-corrected chi connectivity index (χ2v) is 9.50. The van der Waals surface area contributed by atoms with Gasteiger partial charge in [-0.25, -0.2) is 0 Å². The number of nitrogens with one attached hydrogen (secondary N) is 1. The minimum atomic E-state index is -4.36. The number of nitrogens with zero attached hydrogens (tertiary/aromatic N) is 1. The Balaban J connectivity index is 1.72. The second kappa shape index (κ2) is 12.6. The Kier molecular flexibility index (Phi) is 9.51. The number of aromatic amines is 1. The molecule has 1 N–H and O–H groups in total. The van der Waals surface area contributed by atoms with Crippen LogP contribution >= 0.6 is 0 Å². The van der Waals surface area contributed by atoms with Gasteiger partial charge in [0.2, 0.25) is 0 Å². The summed E-state index contributed by atoms with van der Waals surface area (Å²) < 4.78 is 39.9. The maximum Gasteiger partial charge on any atom is 0.416 e. The monoisotopic (exact) mass is 492 g/mol. The van der Waals surface area contributed by atoms with E-state index < -0.39 is 11.7 Å². The summed E-state index contributed by atoms with van der Waals surface area (Å²) in [6.07, 6.45) is 9.07. The molecule has 5 heteroatoms. The number of hydrogen-bond acceptors (Lipinski definition) is 1. The zero-order valence-electron chi connectivity index (χ0n) is 21.4. The number of hydrogen-bond donors (Lipinski definition) is 1. The largest absolute Gasteiger partial charge is 0.416 e. The summed E-state index contributed by atoms with van der Waals surface area (Å²) in [5, 5.41) is 1.19. The van der Waals surface area contributed by atoms with Gasteiger partial charge in [-0.3, -0.25) is 4.99 Å². The number of allylic oxidation sites excluding steroid dienone is 5. The molecule has 1 heterocycles. The Bertz CT molecular complexity index is 1260. The fourth-order valence-corrected chi connectivity index (χ4v) is 4.18. The van der Waals surface area contributed by atoms with E-state index in [4.69, 9.17) is 4.99 Å². The van der Waals surface area contributed by atoms with Gasteiger partial charge >= 0.3 is 6.18 Å². The van der Waals surface area contributed by atoms with Gasteiger partial charge < -0.3 is 4.98 Å². The molecule has 190 valence electrons. The molecule has 1 unspecified atom stereocenters. The first kappa shape index (κ1) is 27.3. The van der Waals surface area contributed by atoms with E-state index in [0.29, 0.717) is 24.4 Å². The third-order valence-electron chi connectivity index (χ3n) is 6.24. The van der Waals surface area contributed by atoms with Crippen molar-refractivity contribution in [3.05, 3.63) is 101 Å². The van der Waals surface area contributed by atoms with Crippen LogP contribution in [-0.4, -0.2) is 17.2 Å². The first-order valence-electron chi connectivity index (χ1n) is 12.4. The molecule has 1 aromatic heterocycles. The second-order valence-electron chi connectivity index (χ2n) is 9.50. The Hall–Kier alpha value is -3.34. The van der Waals surface area contributed by atoms with Crippen LogP contribution in [-0.2, 0) is 6.18 Å². The fraction of sp³-hybridized carbons (Fsp3) is 0.323. The normalized spacial score (nSPS) is 14.3. The first-order valence-corrected chi connectivity index (χ1v) is 12.4. The van der Waals surface area contributed by atoms with E-state index >= 15 is 0 Å². The molecule has 2 nitrogen and oxygen atoms in total. The summed E-state index contributed by atoms with van der Waals surface area (Å²) in [5.41, 5.74) is 4.27. The van der Waals surface area contributed by atoms with Gasteiger partial charge in [0.15, 0.2) is 0 Å². The molecular formula is C31H35F3N2. The number of fused-ring (bicyclic) bond motifs is 1. The maximum absolute atomic E-state index is 13.3. The van der Waals surface area contributed by atoms with Gasteiger partial charge in [0.1, 0.15) is 0 Å². The van der Waals surface area contributed by atoms with E-state index in [-0.39, 0.29) is 5.92 Å². The molecule has 3 rings (SSSR count). The number of aliphatic imine (C=N–C) groups is 1. The molecule has 2 aromatic carbocycles. The van der Waals surface area contributed by atoms with Crippen molar-refractivity contribution < 1.29 is 13.2 Å². The molecule has 1 atom stereocenters. The third kappa shape index (κ3) is 7.58. The molecule has 0 amide bonds. The molecule has 0 fully saturated rings. The highest BCUT2D eigenvalue weighted by atomic mass is 19.4. The highest BCUT2D eigenvalue weighted by Crippen LogP contribution is 2.32. The topological polar surface area (TPSA) is 28.1 Å². The lowest BCUT2D eigenvalue weighted by atomic mass is 9.90. The molecule has 0 bridgehead atoms. The quantitative estimate of drug-likeness (QED) is 0.216. The van der Waals surface area contributed by atoms with E-state index in [1.807, 2.05) is 49.4 Å². The van der Waals surface area contributed by atoms with Crippen LogP contribution in [0, 0.1) is 12.8 Å². The summed E-state index contributed by atoms with van der Waals surface area (Å²) in [4.78, 5) is 8.08. The zero-order valence-corrected chi connectivity index (χ0v) is 21.4. The van der Waals surface area contributed by atoms with Crippen LogP contribution in [0.1, 0.15) is 61.9 Å². The summed E-state index contributed by atoms with van der Waals surface area (Å²) >= 11 is 0. The highest BCUT2D eigenvalue weighted by Gasteiger charge is 2.31. The highest BCUT2D eigenvalue weighted by molar-refractivity contribution is 5.90. The first-order chi connectivity index (χ1) is 17.2. The van der Waals surface area contributed by atoms with Crippen LogP contribution in [0.2, 0.25) is 0 Å². The Morgan fingerprint density at radius 1 is 1.00 bits per heavy atom. The molecule has 0 aliphatic heterocycles. The molecule has 36 heavy (non-hydrogen) atoms. The minimum absolute atomic E-state index is 0.200. The molecule has 0 saturated carbocycles. The van der Waals surface area contributed by atoms with Crippen molar-refractivity contribution in [3.8, 4) is 0 Å². The van der Waals surface area contributed by atoms with E-state index in [0.717, 1.165) is 35.0 Å². The van der Waals surface area contributed by atoms with Crippen molar-refractivity contribution in [2.75, 3.05) is 6.54 Å². The van der Waals surface area contributed by atoms with Gasteiger partial charge in [0, 0.05) is 40.3 Å². The summed E-state index contributed by atoms with van der Waals surface area (Å²) in [6.45, 7) is 8.93. The Morgan fingerprint density at radius 3 is 2.50 bits per heavy atom. The Labute approximate surface area is 212 Å². The number of benzene rings is 2. The van der Waals surface area contributed by atoms with E-state index in [1.54, 1.807) is 6.07 Å². The van der Waals surface area contributed by atoms with Gasteiger partial charge in [0.05, 0.1) is 5.56 Å². The van der Waals surface area contributed by atoms with E-state index in [9.17, 15) is 13.2 Å². The van der Waals surface area contributed by atoms with Crippen LogP contribution in [0.5, 0.6) is 0 Å². The standard InChI is InChI=1S/C31H35F3N2/c1-22(2)19-20-35-23(3)27(25-13-12-14-26(21-25)31(32,33)34)15-8-6-5-7-9-16-28-24(4)36-30-18-11-10-17-29(28)30/h5-14,16-18,21-22,27,36H,15,19-20H2,1-4H3/b7-5+,8-6+,16-9+,35-23?. The van der Waals surface area contributed by atoms with Gasteiger partial charge in [-0.15, -0.1) is 0 Å². The molecule has 0 radical (unpaired) electrons. The molecule has 0 spiro atoms. The zero-order chi connectivity index (χ0) is 26.1. The smallest absolute Gasteiger partial charge is 0.358 e. The number of H-pyrrole nitrogens is 1. The molecule has 3 aromatic rings. The maximum atomic E-state index is 13.3. The van der Waals surface area contributed by atoms with E-state index in [1.165, 1.54) is 17.5 Å². The van der Waals surface area contributed by atoms with Crippen molar-refractivity contribution in [2.24, 2.45) is 10.9 Å². The Morgan fingerprint density at radius 2 is 1.75 bits per heavy atom. The summed E-state index contributed by atoms with van der Waals surface area (Å²) in [7, 11) is 0. The van der Waals surface area contributed by atoms with Gasteiger partial charge in [-0.1, -0.05) is 86.7 Å². The van der Waals surface area contributed by atoms with Crippen LogP contribution in [0.25, 0.3) is 17.0 Å². The third-order valence-corrected chi connectivity index (χ3v) is 6.24. The molecule has 0 saturated heterocycles. The van der Waals surface area contributed by atoms with Crippen molar-refractivity contribution in [1.82, 2.24) is 4.98 Å². The van der Waals surface area contributed by atoms with Crippen LogP contribution < -0.4 is 0 Å². The lowest BCUT2D eigenvalue weighted by Crippen LogP contribution is -2.12. The van der Waals surface area contributed by atoms with Crippen LogP contribution in [0.4, 0.5) is 13.2 Å². The predicted octanol–water partition coefficient (Wildman–Crippen LogP) is 9.30. The lowest BCUT2D eigenvalue weighted by molar-refractivity contribution is -0.137. The molecule has 0 aliphatic rings. The van der Waals surface area contributed by atoms with Crippen molar-refractivity contribution >= 4 is 22.7 Å². The number of para-hydroxylation sites is 1. The predicted molar refractivity (Wildman–Crippen MR) is 147 cm³/mol. The average Bonchev–Trinajstić information content (AvgIpc) is 3.15.